The molecule has 0 saturated carbocycles. The molecule has 1 amide bonds. The van der Waals surface area contributed by atoms with Crippen LogP contribution in [-0.4, -0.2) is 19.3 Å². The van der Waals surface area contributed by atoms with E-state index in [0.717, 1.165) is 4.47 Å². The highest BCUT2D eigenvalue weighted by Crippen LogP contribution is 2.24. The number of amides is 1. The Balaban J connectivity index is 1.86. The van der Waals surface area contributed by atoms with E-state index in [4.69, 9.17) is 0 Å². The van der Waals surface area contributed by atoms with Gasteiger partial charge in [0.25, 0.3) is 15.9 Å². The lowest BCUT2D eigenvalue weighted by Gasteiger charge is -2.13. The lowest BCUT2D eigenvalue weighted by Crippen LogP contribution is -2.16. The Hall–Kier alpha value is -2.71. The molecule has 0 saturated heterocycles. The summed E-state index contributed by atoms with van der Waals surface area (Å²) >= 11 is 3.31. The summed E-state index contributed by atoms with van der Waals surface area (Å²) in [5, 5.41) is 2.69. The first-order valence-corrected chi connectivity index (χ1v) is 10.2. The van der Waals surface area contributed by atoms with Gasteiger partial charge in [0.15, 0.2) is 0 Å². The number of benzene rings is 2. The van der Waals surface area contributed by atoms with Gasteiger partial charge >= 0.3 is 0 Å². The van der Waals surface area contributed by atoms with E-state index in [-0.39, 0.29) is 10.8 Å². The standard InChI is InChI=1S/C19H16BrN3O3S/c1-13-4-7-17(22-19(24)14-3-2-10-21-12-14)11-18(13)27(25,26)23-16-8-5-15(20)6-9-16/h2-12,23H,1H3,(H,22,24). The van der Waals surface area contributed by atoms with Crippen molar-refractivity contribution >= 4 is 43.2 Å². The zero-order chi connectivity index (χ0) is 19.4. The van der Waals surface area contributed by atoms with E-state index in [1.165, 1.54) is 12.3 Å². The Morgan fingerprint density at radius 1 is 1.04 bits per heavy atom. The molecule has 2 aromatic carbocycles. The fraction of sp³-hybridized carbons (Fsp3) is 0.0526. The van der Waals surface area contributed by atoms with E-state index in [1.807, 2.05) is 0 Å². The van der Waals surface area contributed by atoms with Gasteiger partial charge in [-0.1, -0.05) is 22.0 Å². The van der Waals surface area contributed by atoms with E-state index in [1.54, 1.807) is 61.7 Å². The van der Waals surface area contributed by atoms with E-state index in [0.29, 0.717) is 22.5 Å². The third-order valence-corrected chi connectivity index (χ3v) is 5.81. The zero-order valence-corrected chi connectivity index (χ0v) is 16.7. The van der Waals surface area contributed by atoms with Crippen molar-refractivity contribution in [1.29, 1.82) is 0 Å². The van der Waals surface area contributed by atoms with Crippen LogP contribution in [0.3, 0.4) is 0 Å². The van der Waals surface area contributed by atoms with Crippen molar-refractivity contribution < 1.29 is 13.2 Å². The second-order valence-corrected chi connectivity index (χ2v) is 8.35. The number of aromatic nitrogens is 1. The summed E-state index contributed by atoms with van der Waals surface area (Å²) in [6.45, 7) is 1.70. The Morgan fingerprint density at radius 3 is 2.41 bits per heavy atom. The van der Waals surface area contributed by atoms with Crippen molar-refractivity contribution in [3.8, 4) is 0 Å². The van der Waals surface area contributed by atoms with Gasteiger partial charge in [-0.15, -0.1) is 0 Å². The monoisotopic (exact) mass is 445 g/mol. The summed E-state index contributed by atoms with van der Waals surface area (Å²) in [6, 6.07) is 14.8. The number of carbonyl (C=O) groups is 1. The molecule has 0 atom stereocenters. The molecule has 8 heteroatoms. The normalized spacial score (nSPS) is 11.0. The van der Waals surface area contributed by atoms with Crippen LogP contribution in [0, 0.1) is 6.92 Å². The number of pyridine rings is 1. The average molecular weight is 446 g/mol. The number of nitrogens with one attached hydrogen (secondary N) is 2. The van der Waals surface area contributed by atoms with Crippen molar-refractivity contribution in [2.24, 2.45) is 0 Å². The molecule has 0 aliphatic rings. The van der Waals surface area contributed by atoms with Gasteiger partial charge in [-0.3, -0.25) is 14.5 Å². The summed E-state index contributed by atoms with van der Waals surface area (Å²) in [6.07, 6.45) is 3.01. The molecular weight excluding hydrogens is 430 g/mol. The number of carbonyl (C=O) groups excluding carboxylic acids is 1. The van der Waals surface area contributed by atoms with Gasteiger partial charge in [0, 0.05) is 28.2 Å². The first-order chi connectivity index (χ1) is 12.8. The highest BCUT2D eigenvalue weighted by molar-refractivity contribution is 9.10. The first kappa shape index (κ1) is 19.1. The lowest BCUT2D eigenvalue weighted by atomic mass is 10.2. The van der Waals surface area contributed by atoms with Crippen LogP contribution in [0.1, 0.15) is 15.9 Å². The number of sulfonamides is 1. The fourth-order valence-corrected chi connectivity index (χ4v) is 3.99. The Labute approximate surface area is 165 Å². The third-order valence-electron chi connectivity index (χ3n) is 3.76. The Bertz CT molecular complexity index is 1070. The molecule has 2 N–H and O–H groups in total. The van der Waals surface area contributed by atoms with Crippen LogP contribution >= 0.6 is 15.9 Å². The molecule has 0 spiro atoms. The molecule has 0 aliphatic carbocycles. The topological polar surface area (TPSA) is 88.2 Å². The number of anilines is 2. The molecular formula is C19H16BrN3O3S. The fourth-order valence-electron chi connectivity index (χ4n) is 2.40. The molecule has 138 valence electrons. The van der Waals surface area contributed by atoms with Crippen LogP contribution in [0.5, 0.6) is 0 Å². The largest absolute Gasteiger partial charge is 0.322 e. The van der Waals surface area contributed by atoms with E-state index < -0.39 is 10.0 Å². The number of nitrogens with zero attached hydrogens (tertiary/aromatic N) is 1. The molecule has 0 aliphatic heterocycles. The molecule has 0 bridgehead atoms. The number of rotatable bonds is 5. The zero-order valence-electron chi connectivity index (χ0n) is 14.3. The second kappa shape index (κ2) is 7.89. The molecule has 0 unspecified atom stereocenters. The first-order valence-electron chi connectivity index (χ1n) is 7.95. The van der Waals surface area contributed by atoms with Crippen molar-refractivity contribution in [2.75, 3.05) is 10.0 Å². The van der Waals surface area contributed by atoms with E-state index in [9.17, 15) is 13.2 Å². The van der Waals surface area contributed by atoms with Crippen LogP contribution in [0.15, 0.2) is 76.4 Å². The predicted molar refractivity (Wildman–Crippen MR) is 108 cm³/mol. The minimum absolute atomic E-state index is 0.0920. The average Bonchev–Trinajstić information content (AvgIpc) is 2.65. The molecule has 1 aromatic heterocycles. The van der Waals surface area contributed by atoms with Crippen LogP contribution < -0.4 is 10.0 Å². The Morgan fingerprint density at radius 2 is 1.74 bits per heavy atom. The molecule has 3 rings (SSSR count). The van der Waals surface area contributed by atoms with E-state index in [2.05, 4.69) is 31.0 Å². The summed E-state index contributed by atoms with van der Waals surface area (Å²) < 4.78 is 28.9. The predicted octanol–water partition coefficient (Wildman–Crippen LogP) is 4.21. The maximum atomic E-state index is 12.8. The summed E-state index contributed by atoms with van der Waals surface area (Å²) in [7, 11) is -3.81. The van der Waals surface area contributed by atoms with E-state index >= 15 is 0 Å². The molecule has 6 nitrogen and oxygen atoms in total. The molecule has 1 heterocycles. The number of halogens is 1. The molecule has 0 fully saturated rings. The second-order valence-electron chi connectivity index (χ2n) is 5.79. The van der Waals surface area contributed by atoms with Crippen LogP contribution in [-0.2, 0) is 10.0 Å². The quantitative estimate of drug-likeness (QED) is 0.615. The third kappa shape index (κ3) is 4.72. The Kier molecular flexibility index (Phi) is 5.57. The van der Waals surface area contributed by atoms with Crippen molar-refractivity contribution in [3.05, 3.63) is 82.6 Å². The number of aryl methyl sites for hydroxylation is 1. The smallest absolute Gasteiger partial charge is 0.262 e. The number of hydrogen-bond acceptors (Lipinski definition) is 4. The summed E-state index contributed by atoms with van der Waals surface area (Å²) in [5.74, 6) is -0.365. The van der Waals surface area contributed by atoms with Gasteiger partial charge in [0.05, 0.1) is 10.5 Å². The maximum Gasteiger partial charge on any atom is 0.262 e. The maximum absolute atomic E-state index is 12.8. The molecule has 27 heavy (non-hydrogen) atoms. The minimum atomic E-state index is -3.81. The van der Waals surface area contributed by atoms with Crippen LogP contribution in [0.25, 0.3) is 0 Å². The lowest BCUT2D eigenvalue weighted by molar-refractivity contribution is 0.102. The van der Waals surface area contributed by atoms with Gasteiger partial charge in [-0.25, -0.2) is 8.42 Å². The molecule has 0 radical (unpaired) electrons. The molecule has 3 aromatic rings. The van der Waals surface area contributed by atoms with Gasteiger partial charge in [-0.05, 0) is 61.0 Å². The van der Waals surface area contributed by atoms with Gasteiger partial charge < -0.3 is 5.32 Å². The van der Waals surface area contributed by atoms with Gasteiger partial charge in [0.2, 0.25) is 0 Å². The highest BCUT2D eigenvalue weighted by Gasteiger charge is 2.18. The van der Waals surface area contributed by atoms with Crippen molar-refractivity contribution in [1.82, 2.24) is 4.98 Å². The summed E-state index contributed by atoms with van der Waals surface area (Å²) in [5.41, 5.74) is 1.78. The highest BCUT2D eigenvalue weighted by atomic mass is 79.9. The summed E-state index contributed by atoms with van der Waals surface area (Å²) in [4.78, 5) is 16.3. The van der Waals surface area contributed by atoms with Gasteiger partial charge in [-0.2, -0.15) is 0 Å². The number of hydrogen-bond donors (Lipinski definition) is 2. The van der Waals surface area contributed by atoms with Gasteiger partial charge in [0.1, 0.15) is 0 Å². The van der Waals surface area contributed by atoms with Crippen molar-refractivity contribution in [3.63, 3.8) is 0 Å². The van der Waals surface area contributed by atoms with Crippen molar-refractivity contribution in [2.45, 2.75) is 11.8 Å². The SMILES string of the molecule is Cc1ccc(NC(=O)c2cccnc2)cc1S(=O)(=O)Nc1ccc(Br)cc1. The van der Waals surface area contributed by atoms with Crippen LogP contribution in [0.2, 0.25) is 0 Å². The minimum Gasteiger partial charge on any atom is -0.322 e. The van der Waals surface area contributed by atoms with Crippen LogP contribution in [0.4, 0.5) is 11.4 Å².